The number of piperidine rings is 1. The van der Waals surface area contributed by atoms with Gasteiger partial charge in [0.25, 0.3) is 5.91 Å². The number of nitrogens with one attached hydrogen (secondary N) is 1. The van der Waals surface area contributed by atoms with Crippen LogP contribution in [-0.4, -0.2) is 51.7 Å². The van der Waals surface area contributed by atoms with E-state index >= 15 is 0 Å². The highest BCUT2D eigenvalue weighted by molar-refractivity contribution is 7.90. The molecule has 20 heavy (non-hydrogen) atoms. The lowest BCUT2D eigenvalue weighted by molar-refractivity contribution is 0.0699. The number of sulfone groups is 1. The highest BCUT2D eigenvalue weighted by atomic mass is 32.2. The Morgan fingerprint density at radius 2 is 1.85 bits per heavy atom. The minimum absolute atomic E-state index is 0.103. The van der Waals surface area contributed by atoms with E-state index in [4.69, 9.17) is 0 Å². The maximum atomic E-state index is 12.6. The average molecular weight is 296 g/mol. The number of rotatable bonds is 3. The third-order valence-electron chi connectivity index (χ3n) is 3.69. The first-order valence-corrected chi connectivity index (χ1v) is 8.57. The van der Waals surface area contributed by atoms with E-state index in [0.717, 1.165) is 32.2 Å². The van der Waals surface area contributed by atoms with Crippen molar-refractivity contribution in [3.63, 3.8) is 0 Å². The molecule has 1 fully saturated rings. The van der Waals surface area contributed by atoms with E-state index in [1.807, 2.05) is 0 Å². The summed E-state index contributed by atoms with van der Waals surface area (Å²) in [5, 5.41) is 3.25. The van der Waals surface area contributed by atoms with Gasteiger partial charge in [-0.1, -0.05) is 12.1 Å². The highest BCUT2D eigenvalue weighted by Crippen LogP contribution is 2.19. The van der Waals surface area contributed by atoms with Crippen molar-refractivity contribution in [3.8, 4) is 0 Å². The molecule has 1 aromatic rings. The van der Waals surface area contributed by atoms with E-state index in [-0.39, 0.29) is 22.4 Å². The Labute approximate surface area is 119 Å². The Balaban J connectivity index is 2.29. The van der Waals surface area contributed by atoms with Crippen LogP contribution >= 0.6 is 0 Å². The minimum Gasteiger partial charge on any atom is -0.339 e. The lowest BCUT2D eigenvalue weighted by Crippen LogP contribution is -2.44. The van der Waals surface area contributed by atoms with Crippen LogP contribution in [0.15, 0.2) is 29.2 Å². The third kappa shape index (κ3) is 3.19. The quantitative estimate of drug-likeness (QED) is 0.900. The summed E-state index contributed by atoms with van der Waals surface area (Å²) in [5.74, 6) is -0.224. The van der Waals surface area contributed by atoms with Crippen LogP contribution in [0, 0.1) is 0 Å². The van der Waals surface area contributed by atoms with Gasteiger partial charge in [-0.3, -0.25) is 4.79 Å². The lowest BCUT2D eigenvalue weighted by atomic mass is 10.0. The van der Waals surface area contributed by atoms with E-state index < -0.39 is 9.84 Å². The van der Waals surface area contributed by atoms with Crippen molar-refractivity contribution in [2.24, 2.45) is 0 Å². The topological polar surface area (TPSA) is 66.5 Å². The molecule has 0 radical (unpaired) electrons. The molecule has 0 aliphatic carbocycles. The second-order valence-electron chi connectivity index (χ2n) is 5.17. The van der Waals surface area contributed by atoms with Crippen molar-refractivity contribution in [1.82, 2.24) is 10.2 Å². The van der Waals surface area contributed by atoms with Crippen molar-refractivity contribution in [2.75, 3.05) is 26.4 Å². The predicted octanol–water partition coefficient (Wildman–Crippen LogP) is 0.914. The van der Waals surface area contributed by atoms with Gasteiger partial charge in [-0.15, -0.1) is 0 Å². The number of carbonyl (C=O) groups excluding carboxylic acids is 1. The van der Waals surface area contributed by atoms with Gasteiger partial charge >= 0.3 is 0 Å². The summed E-state index contributed by atoms with van der Waals surface area (Å²) < 4.78 is 23.6. The van der Waals surface area contributed by atoms with Crippen molar-refractivity contribution < 1.29 is 13.2 Å². The summed E-state index contributed by atoms with van der Waals surface area (Å²) >= 11 is 0. The van der Waals surface area contributed by atoms with Crippen LogP contribution < -0.4 is 5.32 Å². The normalized spacial score (nSPS) is 16.9. The van der Waals surface area contributed by atoms with Gasteiger partial charge in [0, 0.05) is 19.3 Å². The maximum absolute atomic E-state index is 12.6. The van der Waals surface area contributed by atoms with E-state index in [9.17, 15) is 13.2 Å². The van der Waals surface area contributed by atoms with Crippen molar-refractivity contribution in [1.29, 1.82) is 0 Å². The monoisotopic (exact) mass is 296 g/mol. The molecule has 2 rings (SSSR count). The van der Waals surface area contributed by atoms with Crippen molar-refractivity contribution >= 4 is 15.7 Å². The van der Waals surface area contributed by atoms with Gasteiger partial charge in [0.05, 0.1) is 10.5 Å². The maximum Gasteiger partial charge on any atom is 0.255 e. The summed E-state index contributed by atoms with van der Waals surface area (Å²) in [7, 11) is -1.66. The number of benzene rings is 1. The largest absolute Gasteiger partial charge is 0.339 e. The molecular weight excluding hydrogens is 276 g/mol. The zero-order valence-electron chi connectivity index (χ0n) is 11.8. The predicted molar refractivity (Wildman–Crippen MR) is 77.5 cm³/mol. The summed E-state index contributed by atoms with van der Waals surface area (Å²) in [6, 6.07) is 6.56. The number of hydrogen-bond donors (Lipinski definition) is 1. The van der Waals surface area contributed by atoms with Crippen LogP contribution in [0.25, 0.3) is 0 Å². The molecule has 1 N–H and O–H groups in total. The van der Waals surface area contributed by atoms with Gasteiger partial charge < -0.3 is 10.2 Å². The molecule has 1 aliphatic rings. The molecule has 0 atom stereocenters. The van der Waals surface area contributed by atoms with Crippen molar-refractivity contribution in [2.45, 2.75) is 23.8 Å². The Morgan fingerprint density at radius 3 is 2.45 bits per heavy atom. The summed E-state index contributed by atoms with van der Waals surface area (Å²) in [6.07, 6.45) is 2.91. The second-order valence-corrected chi connectivity index (χ2v) is 7.15. The lowest BCUT2D eigenvalue weighted by Gasteiger charge is -2.32. The van der Waals surface area contributed by atoms with Crippen LogP contribution in [0.3, 0.4) is 0 Å². The first-order valence-electron chi connectivity index (χ1n) is 6.68. The van der Waals surface area contributed by atoms with Crippen LogP contribution in [0.1, 0.15) is 23.2 Å². The highest BCUT2D eigenvalue weighted by Gasteiger charge is 2.26. The van der Waals surface area contributed by atoms with Crippen LogP contribution in [0.4, 0.5) is 0 Å². The number of hydrogen-bond acceptors (Lipinski definition) is 4. The first kappa shape index (κ1) is 15.0. The van der Waals surface area contributed by atoms with Gasteiger partial charge in [0.1, 0.15) is 0 Å². The molecule has 1 saturated heterocycles. The van der Waals surface area contributed by atoms with E-state index in [1.54, 1.807) is 30.1 Å². The third-order valence-corrected chi connectivity index (χ3v) is 4.85. The Bertz CT molecular complexity index is 592. The Hall–Kier alpha value is -1.40. The molecule has 1 aromatic carbocycles. The fraction of sp³-hybridized carbons (Fsp3) is 0.500. The number of carbonyl (C=O) groups is 1. The second kappa shape index (κ2) is 5.93. The van der Waals surface area contributed by atoms with E-state index in [1.165, 1.54) is 6.07 Å². The molecular formula is C14H20N2O3S. The van der Waals surface area contributed by atoms with Crippen LogP contribution in [0.5, 0.6) is 0 Å². The summed E-state index contributed by atoms with van der Waals surface area (Å²) in [6.45, 7) is 1.77. The molecule has 6 heteroatoms. The molecule has 0 aromatic heterocycles. The fourth-order valence-corrected chi connectivity index (χ4v) is 3.40. The molecule has 0 spiro atoms. The average Bonchev–Trinajstić information content (AvgIpc) is 2.46. The van der Waals surface area contributed by atoms with Gasteiger partial charge in [-0.25, -0.2) is 8.42 Å². The Morgan fingerprint density at radius 1 is 1.25 bits per heavy atom. The van der Waals surface area contributed by atoms with Gasteiger partial charge in [-0.2, -0.15) is 0 Å². The standard InChI is InChI=1S/C14H20N2O3S/c1-16(11-7-9-15-10-8-11)14(17)12-5-3-4-6-13(12)20(2,18)19/h3-6,11,15H,7-10H2,1-2H3. The van der Waals surface area contributed by atoms with Gasteiger partial charge in [0.15, 0.2) is 9.84 Å². The van der Waals surface area contributed by atoms with Crippen LogP contribution in [-0.2, 0) is 9.84 Å². The van der Waals surface area contributed by atoms with Crippen LogP contribution in [0.2, 0.25) is 0 Å². The molecule has 5 nitrogen and oxygen atoms in total. The Kier molecular flexibility index (Phi) is 4.45. The first-order chi connectivity index (χ1) is 9.41. The molecule has 0 unspecified atom stereocenters. The zero-order valence-corrected chi connectivity index (χ0v) is 12.6. The van der Waals surface area contributed by atoms with Gasteiger partial charge in [0.2, 0.25) is 0 Å². The van der Waals surface area contributed by atoms with Crippen molar-refractivity contribution in [3.05, 3.63) is 29.8 Å². The SMILES string of the molecule is CN(C(=O)c1ccccc1S(C)(=O)=O)C1CCNCC1. The van der Waals surface area contributed by atoms with E-state index in [0.29, 0.717) is 0 Å². The molecule has 1 aliphatic heterocycles. The minimum atomic E-state index is -3.40. The molecule has 0 bridgehead atoms. The molecule has 0 saturated carbocycles. The smallest absolute Gasteiger partial charge is 0.255 e. The summed E-state index contributed by atoms with van der Waals surface area (Å²) in [5.41, 5.74) is 0.260. The summed E-state index contributed by atoms with van der Waals surface area (Å²) in [4.78, 5) is 14.3. The van der Waals surface area contributed by atoms with E-state index in [2.05, 4.69) is 5.32 Å². The van der Waals surface area contributed by atoms with Gasteiger partial charge in [-0.05, 0) is 38.1 Å². The number of nitrogens with zero attached hydrogens (tertiary/aromatic N) is 1. The molecule has 1 heterocycles. The fourth-order valence-electron chi connectivity index (χ4n) is 2.52. The molecule has 1 amide bonds. The number of amides is 1. The molecule has 110 valence electrons. The zero-order chi connectivity index (χ0) is 14.8.